The maximum absolute atomic E-state index is 12.2. The van der Waals surface area contributed by atoms with Crippen LogP contribution in [0.4, 0.5) is 4.79 Å². The van der Waals surface area contributed by atoms with Crippen molar-refractivity contribution in [1.82, 2.24) is 20.0 Å². The summed E-state index contributed by atoms with van der Waals surface area (Å²) in [6.07, 6.45) is 0.393. The van der Waals surface area contributed by atoms with Gasteiger partial charge in [0, 0.05) is 44.7 Å². The molecule has 0 spiro atoms. The molecule has 1 fully saturated rings. The van der Waals surface area contributed by atoms with Gasteiger partial charge in [-0.25, -0.2) is 4.79 Å². The molecule has 7 nitrogen and oxygen atoms in total. The number of rotatable bonds is 5. The first-order valence-electron chi connectivity index (χ1n) is 9.40. The average molecular weight is 378 g/mol. The fourth-order valence-corrected chi connectivity index (χ4v) is 3.11. The topological polar surface area (TPSA) is 71.7 Å². The lowest BCUT2D eigenvalue weighted by molar-refractivity contribution is 0.110. The number of nitrogens with zero attached hydrogens (tertiary/aromatic N) is 4. The summed E-state index contributed by atoms with van der Waals surface area (Å²) < 4.78 is 11.2. The Morgan fingerprint density at radius 2 is 1.61 bits per heavy atom. The monoisotopic (exact) mass is 378 g/mol. The number of amides is 1. The summed E-state index contributed by atoms with van der Waals surface area (Å²) in [5, 5.41) is 8.26. The Morgan fingerprint density at radius 3 is 2.32 bits per heavy atom. The molecule has 1 aliphatic heterocycles. The van der Waals surface area contributed by atoms with E-state index in [9.17, 15) is 4.79 Å². The lowest BCUT2D eigenvalue weighted by Gasteiger charge is -2.33. The number of ether oxygens (including phenoxy) is 1. The quantitative estimate of drug-likeness (QED) is 0.679. The molecule has 2 heterocycles. The highest BCUT2D eigenvalue weighted by Crippen LogP contribution is 2.17. The second-order valence-corrected chi connectivity index (χ2v) is 6.63. The number of hydrogen-bond donors (Lipinski definition) is 0. The molecule has 0 unspecified atom stereocenters. The Labute approximate surface area is 163 Å². The summed E-state index contributed by atoms with van der Waals surface area (Å²) >= 11 is 0. The van der Waals surface area contributed by atoms with Crippen molar-refractivity contribution < 1.29 is 13.9 Å². The molecule has 0 bridgehead atoms. The molecule has 0 radical (unpaired) electrons. The van der Waals surface area contributed by atoms with Crippen LogP contribution in [0, 0.1) is 0 Å². The van der Waals surface area contributed by atoms with Crippen LogP contribution in [0.15, 0.2) is 65.1 Å². The molecular formula is C21H22N4O3. The van der Waals surface area contributed by atoms with Crippen molar-refractivity contribution in [2.24, 2.45) is 0 Å². The molecule has 7 heteroatoms. The van der Waals surface area contributed by atoms with Crippen molar-refractivity contribution in [3.8, 4) is 17.2 Å². The first kappa shape index (κ1) is 18.2. The smallest absolute Gasteiger partial charge is 0.415 e. The number of carbonyl (C=O) groups excluding carboxylic acids is 1. The van der Waals surface area contributed by atoms with Crippen molar-refractivity contribution in [3.63, 3.8) is 0 Å². The number of para-hydroxylation sites is 1. The van der Waals surface area contributed by atoms with Crippen LogP contribution in [0.25, 0.3) is 11.5 Å². The molecule has 0 atom stereocenters. The summed E-state index contributed by atoms with van der Waals surface area (Å²) in [6.45, 7) is 3.70. The number of carbonyl (C=O) groups is 1. The van der Waals surface area contributed by atoms with Gasteiger partial charge in [-0.15, -0.1) is 10.2 Å². The number of benzene rings is 2. The molecule has 28 heavy (non-hydrogen) atoms. The van der Waals surface area contributed by atoms with E-state index in [1.807, 2.05) is 48.5 Å². The van der Waals surface area contributed by atoms with Crippen molar-refractivity contribution in [2.45, 2.75) is 6.42 Å². The minimum Gasteiger partial charge on any atom is -0.421 e. The third-order valence-electron chi connectivity index (χ3n) is 4.71. The van der Waals surface area contributed by atoms with Gasteiger partial charge in [0.05, 0.1) is 0 Å². The van der Waals surface area contributed by atoms with Gasteiger partial charge in [-0.05, 0) is 24.3 Å². The molecule has 0 saturated carbocycles. The molecule has 4 rings (SSSR count). The Morgan fingerprint density at radius 1 is 0.929 bits per heavy atom. The summed E-state index contributed by atoms with van der Waals surface area (Å²) in [7, 11) is 0. The van der Waals surface area contributed by atoms with Gasteiger partial charge >= 0.3 is 6.09 Å². The van der Waals surface area contributed by atoms with E-state index in [0.717, 1.165) is 25.2 Å². The van der Waals surface area contributed by atoms with E-state index in [0.29, 0.717) is 37.0 Å². The Balaban J connectivity index is 1.23. The van der Waals surface area contributed by atoms with Gasteiger partial charge in [-0.2, -0.15) is 0 Å². The molecule has 144 valence electrons. The van der Waals surface area contributed by atoms with E-state index in [1.165, 1.54) is 0 Å². The molecule has 1 amide bonds. The molecule has 3 aromatic rings. The molecule has 0 N–H and O–H groups in total. The van der Waals surface area contributed by atoms with Gasteiger partial charge in [0.1, 0.15) is 5.75 Å². The van der Waals surface area contributed by atoms with Crippen LogP contribution in [0.2, 0.25) is 0 Å². The number of piperazine rings is 1. The normalized spacial score (nSPS) is 14.8. The SMILES string of the molecule is O=C(Oc1ccccc1)N1CCN(CCc2nnc(-c3ccccc3)o2)CC1. The van der Waals surface area contributed by atoms with Crippen LogP contribution >= 0.6 is 0 Å². The highest BCUT2D eigenvalue weighted by molar-refractivity contribution is 5.70. The first-order valence-corrected chi connectivity index (χ1v) is 9.40. The van der Waals surface area contributed by atoms with Crippen LogP contribution in [-0.4, -0.2) is 58.8 Å². The van der Waals surface area contributed by atoms with E-state index < -0.39 is 0 Å². The lowest BCUT2D eigenvalue weighted by atomic mass is 10.2. The molecule has 0 aliphatic carbocycles. The first-order chi connectivity index (χ1) is 13.8. The molecule has 2 aromatic carbocycles. The van der Waals surface area contributed by atoms with Gasteiger partial charge in [-0.1, -0.05) is 36.4 Å². The summed E-state index contributed by atoms with van der Waals surface area (Å²) in [6, 6.07) is 18.9. The molecule has 1 aromatic heterocycles. The summed E-state index contributed by atoms with van der Waals surface area (Å²) in [4.78, 5) is 16.3. The zero-order valence-electron chi connectivity index (χ0n) is 15.5. The Kier molecular flexibility index (Phi) is 5.63. The molecular weight excluding hydrogens is 356 g/mol. The second-order valence-electron chi connectivity index (χ2n) is 6.63. The summed E-state index contributed by atoms with van der Waals surface area (Å²) in [5.41, 5.74) is 0.923. The highest BCUT2D eigenvalue weighted by Gasteiger charge is 2.23. The fourth-order valence-electron chi connectivity index (χ4n) is 3.11. The van der Waals surface area contributed by atoms with E-state index in [2.05, 4.69) is 15.1 Å². The van der Waals surface area contributed by atoms with Crippen LogP contribution < -0.4 is 4.74 Å². The van der Waals surface area contributed by atoms with Crippen LogP contribution in [-0.2, 0) is 6.42 Å². The zero-order valence-corrected chi connectivity index (χ0v) is 15.5. The standard InChI is InChI=1S/C21H22N4O3/c26-21(27-18-9-5-2-6-10-18)25-15-13-24(14-16-25)12-11-19-22-23-20(28-19)17-7-3-1-4-8-17/h1-10H,11-16H2. The van der Waals surface area contributed by atoms with Gasteiger partial charge in [0.2, 0.25) is 11.8 Å². The second kappa shape index (κ2) is 8.67. The minimum absolute atomic E-state index is 0.296. The number of aromatic nitrogens is 2. The third-order valence-corrected chi connectivity index (χ3v) is 4.71. The number of hydrogen-bond acceptors (Lipinski definition) is 6. The van der Waals surface area contributed by atoms with Crippen LogP contribution in [0.5, 0.6) is 5.75 Å². The van der Waals surface area contributed by atoms with Crippen LogP contribution in [0.1, 0.15) is 5.89 Å². The molecule has 1 aliphatic rings. The maximum Gasteiger partial charge on any atom is 0.415 e. The molecule has 1 saturated heterocycles. The van der Waals surface area contributed by atoms with Crippen molar-refractivity contribution in [3.05, 3.63) is 66.6 Å². The van der Waals surface area contributed by atoms with E-state index in [-0.39, 0.29) is 6.09 Å². The zero-order chi connectivity index (χ0) is 19.2. The lowest BCUT2D eigenvalue weighted by Crippen LogP contribution is -2.49. The van der Waals surface area contributed by atoms with E-state index in [4.69, 9.17) is 9.15 Å². The fraction of sp³-hybridized carbons (Fsp3) is 0.286. The van der Waals surface area contributed by atoms with Gasteiger partial charge < -0.3 is 14.1 Å². The largest absolute Gasteiger partial charge is 0.421 e. The highest BCUT2D eigenvalue weighted by atomic mass is 16.6. The van der Waals surface area contributed by atoms with Gasteiger partial charge in [-0.3, -0.25) is 4.90 Å². The van der Waals surface area contributed by atoms with Crippen molar-refractivity contribution >= 4 is 6.09 Å². The minimum atomic E-state index is -0.296. The van der Waals surface area contributed by atoms with Crippen molar-refractivity contribution in [1.29, 1.82) is 0 Å². The summed E-state index contributed by atoms with van der Waals surface area (Å²) in [5.74, 6) is 1.74. The predicted octanol–water partition coefficient (Wildman–Crippen LogP) is 3.10. The average Bonchev–Trinajstić information content (AvgIpc) is 3.23. The van der Waals surface area contributed by atoms with E-state index >= 15 is 0 Å². The van der Waals surface area contributed by atoms with Crippen LogP contribution in [0.3, 0.4) is 0 Å². The third kappa shape index (κ3) is 4.55. The maximum atomic E-state index is 12.2. The van der Waals surface area contributed by atoms with Crippen molar-refractivity contribution in [2.75, 3.05) is 32.7 Å². The van der Waals surface area contributed by atoms with Gasteiger partial charge in [0.25, 0.3) is 0 Å². The van der Waals surface area contributed by atoms with E-state index in [1.54, 1.807) is 17.0 Å². The van der Waals surface area contributed by atoms with Gasteiger partial charge in [0.15, 0.2) is 0 Å². The Hall–Kier alpha value is -3.19. The predicted molar refractivity (Wildman–Crippen MR) is 104 cm³/mol. The Bertz CT molecular complexity index is 890.